The Morgan fingerprint density at radius 2 is 2.05 bits per heavy atom. The van der Waals surface area contributed by atoms with Gasteiger partial charge < -0.3 is 5.32 Å². The number of halogens is 3. The molecule has 0 spiro atoms. The van der Waals surface area contributed by atoms with Gasteiger partial charge in [0.1, 0.15) is 0 Å². The van der Waals surface area contributed by atoms with Gasteiger partial charge in [-0.1, -0.05) is 26.2 Å². The third-order valence-electron chi connectivity index (χ3n) is 3.15. The number of pyridine rings is 1. The van der Waals surface area contributed by atoms with Crippen LogP contribution in [0.25, 0.3) is 0 Å². The summed E-state index contributed by atoms with van der Waals surface area (Å²) in [5, 5.41) is 4.05. The van der Waals surface area contributed by atoms with Gasteiger partial charge in [-0.2, -0.15) is 13.2 Å². The van der Waals surface area contributed by atoms with Crippen molar-refractivity contribution in [2.75, 3.05) is 12.3 Å². The summed E-state index contributed by atoms with van der Waals surface area (Å²) in [5.41, 5.74) is -0.700. The van der Waals surface area contributed by atoms with Crippen molar-refractivity contribution in [3.63, 3.8) is 0 Å². The first-order valence-electron chi connectivity index (χ1n) is 7.33. The molecule has 1 N–H and O–H groups in total. The lowest BCUT2D eigenvalue weighted by Crippen LogP contribution is -2.28. The van der Waals surface area contributed by atoms with Gasteiger partial charge in [0, 0.05) is 24.5 Å². The van der Waals surface area contributed by atoms with Gasteiger partial charge in [-0.3, -0.25) is 0 Å². The Labute approximate surface area is 128 Å². The molecule has 1 atom stereocenters. The summed E-state index contributed by atoms with van der Waals surface area (Å²) in [6, 6.07) is 2.99. The summed E-state index contributed by atoms with van der Waals surface area (Å²) in [6.45, 7) is 5.18. The first kappa shape index (κ1) is 18.3. The van der Waals surface area contributed by atoms with E-state index in [1.807, 2.05) is 0 Å². The molecule has 120 valence electrons. The van der Waals surface area contributed by atoms with Crippen LogP contribution in [0.4, 0.5) is 13.2 Å². The van der Waals surface area contributed by atoms with Gasteiger partial charge >= 0.3 is 6.18 Å². The van der Waals surface area contributed by atoms with E-state index in [4.69, 9.17) is 0 Å². The predicted molar refractivity (Wildman–Crippen MR) is 81.6 cm³/mol. The summed E-state index contributed by atoms with van der Waals surface area (Å²) in [4.78, 5) is 3.84. The molecule has 6 heteroatoms. The normalized spacial score (nSPS) is 13.4. The van der Waals surface area contributed by atoms with Crippen LogP contribution in [0, 0.1) is 0 Å². The van der Waals surface area contributed by atoms with Crippen LogP contribution in [0.3, 0.4) is 0 Å². The fourth-order valence-corrected chi connectivity index (χ4v) is 2.62. The van der Waals surface area contributed by atoms with Gasteiger partial charge in [0.2, 0.25) is 0 Å². The number of unbranched alkanes of at least 4 members (excludes halogenated alkanes) is 2. The first-order chi connectivity index (χ1) is 9.93. The van der Waals surface area contributed by atoms with Gasteiger partial charge in [0.25, 0.3) is 0 Å². The van der Waals surface area contributed by atoms with Gasteiger partial charge in [0.15, 0.2) is 0 Å². The maximum absolute atomic E-state index is 12.4. The zero-order valence-electron chi connectivity index (χ0n) is 12.5. The number of rotatable bonds is 9. The minimum absolute atomic E-state index is 0.484. The van der Waals surface area contributed by atoms with E-state index in [-0.39, 0.29) is 0 Å². The van der Waals surface area contributed by atoms with Crippen LogP contribution in [-0.4, -0.2) is 23.3 Å². The van der Waals surface area contributed by atoms with Crippen molar-refractivity contribution in [1.29, 1.82) is 0 Å². The summed E-state index contributed by atoms with van der Waals surface area (Å²) < 4.78 is 37.2. The van der Waals surface area contributed by atoms with Crippen LogP contribution in [-0.2, 0) is 6.18 Å². The van der Waals surface area contributed by atoms with Gasteiger partial charge in [0.05, 0.1) is 10.6 Å². The molecular formula is C15H23F3N2S. The van der Waals surface area contributed by atoms with Crippen LogP contribution < -0.4 is 5.32 Å². The minimum Gasteiger partial charge on any atom is -0.313 e. The van der Waals surface area contributed by atoms with Gasteiger partial charge in [-0.15, -0.1) is 11.8 Å². The number of hydrogen-bond donors (Lipinski definition) is 1. The molecule has 1 rings (SSSR count). The zero-order valence-corrected chi connectivity index (χ0v) is 13.4. The molecule has 0 aliphatic rings. The summed E-state index contributed by atoms with van der Waals surface area (Å²) >= 11 is 1.47. The third kappa shape index (κ3) is 7.71. The fourth-order valence-electron chi connectivity index (χ4n) is 1.90. The lowest BCUT2D eigenvalue weighted by molar-refractivity contribution is -0.137. The van der Waals surface area contributed by atoms with Crippen LogP contribution in [0.2, 0.25) is 0 Å². The monoisotopic (exact) mass is 320 g/mol. The second-order valence-corrected chi connectivity index (χ2v) is 6.20. The van der Waals surface area contributed by atoms with E-state index >= 15 is 0 Å². The summed E-state index contributed by atoms with van der Waals surface area (Å²) in [7, 11) is 0. The van der Waals surface area contributed by atoms with E-state index < -0.39 is 11.7 Å². The maximum atomic E-state index is 12.4. The van der Waals surface area contributed by atoms with Crippen molar-refractivity contribution in [3.8, 4) is 0 Å². The Kier molecular flexibility index (Phi) is 8.11. The quantitative estimate of drug-likeness (QED) is 0.525. The Balaban J connectivity index is 2.21. The lowest BCUT2D eigenvalue weighted by atomic mass is 10.1. The average Bonchev–Trinajstić information content (AvgIpc) is 2.43. The van der Waals surface area contributed by atoms with E-state index in [2.05, 4.69) is 24.1 Å². The molecule has 0 saturated carbocycles. The molecule has 0 aliphatic heterocycles. The fraction of sp³-hybridized carbons (Fsp3) is 0.667. The highest BCUT2D eigenvalue weighted by Gasteiger charge is 2.30. The van der Waals surface area contributed by atoms with Gasteiger partial charge in [-0.05, 0) is 25.5 Å². The molecule has 0 saturated heterocycles. The predicted octanol–water partition coefficient (Wildman–Crippen LogP) is 4.75. The third-order valence-corrected chi connectivity index (χ3v) is 4.09. The number of aromatic nitrogens is 1. The maximum Gasteiger partial charge on any atom is 0.417 e. The van der Waals surface area contributed by atoms with Crippen molar-refractivity contribution >= 4 is 11.8 Å². The van der Waals surface area contributed by atoms with Gasteiger partial charge in [-0.25, -0.2) is 4.98 Å². The molecular weight excluding hydrogens is 297 g/mol. The molecule has 0 aliphatic carbocycles. The Bertz CT molecular complexity index is 393. The smallest absolute Gasteiger partial charge is 0.313 e. The number of nitrogens with zero attached hydrogens (tertiary/aromatic N) is 1. The molecule has 1 unspecified atom stereocenters. The van der Waals surface area contributed by atoms with Crippen LogP contribution in [0.15, 0.2) is 23.4 Å². The zero-order chi connectivity index (χ0) is 15.7. The number of nitrogens with one attached hydrogen (secondary N) is 1. The van der Waals surface area contributed by atoms with Crippen molar-refractivity contribution in [1.82, 2.24) is 10.3 Å². The minimum atomic E-state index is -4.31. The second kappa shape index (κ2) is 9.30. The summed E-state index contributed by atoms with van der Waals surface area (Å²) in [5.74, 6) is 0.802. The molecule has 1 aromatic rings. The second-order valence-electron chi connectivity index (χ2n) is 5.08. The number of alkyl halides is 3. The van der Waals surface area contributed by atoms with E-state index in [1.54, 1.807) is 0 Å². The van der Waals surface area contributed by atoms with Crippen molar-refractivity contribution in [2.45, 2.75) is 56.8 Å². The number of hydrogen-bond acceptors (Lipinski definition) is 3. The van der Waals surface area contributed by atoms with Crippen LogP contribution in [0.5, 0.6) is 0 Å². The average molecular weight is 320 g/mol. The van der Waals surface area contributed by atoms with Crippen molar-refractivity contribution < 1.29 is 13.2 Å². The molecule has 0 radical (unpaired) electrons. The molecule has 21 heavy (non-hydrogen) atoms. The van der Waals surface area contributed by atoms with E-state index in [1.165, 1.54) is 37.1 Å². The highest BCUT2D eigenvalue weighted by atomic mass is 32.2. The molecule has 0 bridgehead atoms. The first-order valence-corrected chi connectivity index (χ1v) is 8.31. The van der Waals surface area contributed by atoms with Crippen molar-refractivity contribution in [2.24, 2.45) is 0 Å². The number of thioether (sulfide) groups is 1. The molecule has 0 fully saturated rings. The molecule has 1 heterocycles. The Morgan fingerprint density at radius 1 is 1.29 bits per heavy atom. The standard InChI is InChI=1S/C15H23F3N2S/c1-3-4-5-6-12(2)19-9-10-21-14-8-7-13(11-20-14)15(16,17)18/h7-8,11-12,19H,3-6,9-10H2,1-2H3. The highest BCUT2D eigenvalue weighted by Crippen LogP contribution is 2.29. The summed E-state index contributed by atoms with van der Waals surface area (Å²) in [6.07, 6.45) is 1.46. The highest BCUT2D eigenvalue weighted by molar-refractivity contribution is 7.99. The largest absolute Gasteiger partial charge is 0.417 e. The molecule has 0 amide bonds. The SMILES string of the molecule is CCCCCC(C)NCCSc1ccc(C(F)(F)F)cn1. The molecule has 1 aromatic heterocycles. The van der Waals surface area contributed by atoms with E-state index in [0.717, 1.165) is 31.0 Å². The van der Waals surface area contributed by atoms with E-state index in [0.29, 0.717) is 11.1 Å². The molecule has 0 aromatic carbocycles. The molecule has 2 nitrogen and oxygen atoms in total. The Morgan fingerprint density at radius 3 is 2.62 bits per heavy atom. The lowest BCUT2D eigenvalue weighted by Gasteiger charge is -2.13. The van der Waals surface area contributed by atoms with Crippen molar-refractivity contribution in [3.05, 3.63) is 23.9 Å². The van der Waals surface area contributed by atoms with Crippen LogP contribution >= 0.6 is 11.8 Å². The van der Waals surface area contributed by atoms with Crippen LogP contribution in [0.1, 0.15) is 45.1 Å². The Hall–Kier alpha value is -0.750. The van der Waals surface area contributed by atoms with E-state index in [9.17, 15) is 13.2 Å². The topological polar surface area (TPSA) is 24.9 Å².